The highest BCUT2D eigenvalue weighted by atomic mass is 19.4. The number of urea groups is 1. The number of nitrogens with one attached hydrogen (secondary N) is 3. The molecule has 0 radical (unpaired) electrons. The normalized spacial score (nSPS) is 25.8. The van der Waals surface area contributed by atoms with Crippen molar-refractivity contribution in [2.75, 3.05) is 6.54 Å². The van der Waals surface area contributed by atoms with E-state index in [9.17, 15) is 37.1 Å². The van der Waals surface area contributed by atoms with Gasteiger partial charge in [0.1, 0.15) is 12.1 Å². The van der Waals surface area contributed by atoms with Crippen LogP contribution in [0.3, 0.4) is 0 Å². The summed E-state index contributed by atoms with van der Waals surface area (Å²) < 4.78 is 38.7. The molecule has 5 atom stereocenters. The van der Waals surface area contributed by atoms with Crippen molar-refractivity contribution in [2.45, 2.75) is 109 Å². The van der Waals surface area contributed by atoms with Crippen LogP contribution in [-0.2, 0) is 19.2 Å². The van der Waals surface area contributed by atoms with E-state index < -0.39 is 72.2 Å². The molecule has 10 nitrogen and oxygen atoms in total. The van der Waals surface area contributed by atoms with Gasteiger partial charge in [0.05, 0.1) is 6.04 Å². The van der Waals surface area contributed by atoms with Crippen molar-refractivity contribution in [1.29, 1.82) is 0 Å². The van der Waals surface area contributed by atoms with Crippen LogP contribution >= 0.6 is 0 Å². The van der Waals surface area contributed by atoms with E-state index >= 15 is 0 Å². The first-order chi connectivity index (χ1) is 18.3. The number of likely N-dealkylation sites (tertiary alicyclic amines) is 1. The minimum absolute atomic E-state index is 0.0388. The number of Topliss-reactive ketones (excluding diaryl/α,β-unsaturated/α-hetero) is 1. The largest absolute Gasteiger partial charge is 0.389 e. The fraction of sp³-hybridized carbons (Fsp3) is 0.815. The third-order valence-corrected chi connectivity index (χ3v) is 8.51. The van der Waals surface area contributed by atoms with Crippen LogP contribution in [0.2, 0.25) is 0 Å². The number of amides is 5. The Hall–Kier alpha value is -2.86. The van der Waals surface area contributed by atoms with Crippen LogP contribution in [0.15, 0.2) is 0 Å². The maximum Gasteiger partial charge on any atom is 0.389 e. The Morgan fingerprint density at radius 1 is 1.00 bits per heavy atom. The molecular formula is C27H42F3N5O5. The minimum atomic E-state index is -4.62. The number of rotatable bonds is 9. The molecule has 0 aromatic carbocycles. The molecule has 2 saturated carbocycles. The van der Waals surface area contributed by atoms with E-state index in [1.54, 1.807) is 0 Å². The number of halogens is 3. The lowest BCUT2D eigenvalue weighted by Crippen LogP contribution is -2.61. The highest BCUT2D eigenvalue weighted by Gasteiger charge is 2.69. The number of hydrogen-bond donors (Lipinski definition) is 4. The lowest BCUT2D eigenvalue weighted by Gasteiger charge is -2.37. The van der Waals surface area contributed by atoms with Gasteiger partial charge in [0, 0.05) is 18.5 Å². The number of nitrogens with two attached hydrogens (primary N) is 1. The van der Waals surface area contributed by atoms with Crippen molar-refractivity contribution in [3.8, 4) is 0 Å². The van der Waals surface area contributed by atoms with Crippen LogP contribution < -0.4 is 21.7 Å². The zero-order valence-electron chi connectivity index (χ0n) is 23.8. The summed E-state index contributed by atoms with van der Waals surface area (Å²) in [5.41, 5.74) is 4.17. The van der Waals surface area contributed by atoms with Crippen molar-refractivity contribution in [3.05, 3.63) is 0 Å². The van der Waals surface area contributed by atoms with Gasteiger partial charge < -0.3 is 26.6 Å². The van der Waals surface area contributed by atoms with E-state index in [0.29, 0.717) is 0 Å². The van der Waals surface area contributed by atoms with Gasteiger partial charge in [-0.3, -0.25) is 19.2 Å². The molecule has 5 N–H and O–H groups in total. The third kappa shape index (κ3) is 7.45. The minimum Gasteiger partial charge on any atom is -0.363 e. The molecule has 226 valence electrons. The first-order valence-corrected chi connectivity index (χ1v) is 13.9. The molecule has 0 bridgehead atoms. The van der Waals surface area contributed by atoms with Gasteiger partial charge in [-0.05, 0) is 63.2 Å². The van der Waals surface area contributed by atoms with Crippen molar-refractivity contribution in [3.63, 3.8) is 0 Å². The molecule has 0 aromatic rings. The Labute approximate surface area is 232 Å². The SMILES string of the molecule is CC(C)(C)NC(=O)N[C@H](C(=O)N1C[C@H]2[C@@H]([C@H]1C(=O)NC(CCC(F)(F)F)C(=O)C(N)=O)C2(C)C)C1CCCCC1. The van der Waals surface area contributed by atoms with E-state index in [1.165, 1.54) is 4.90 Å². The van der Waals surface area contributed by atoms with Crippen LogP contribution in [0, 0.1) is 23.2 Å². The van der Waals surface area contributed by atoms with Gasteiger partial charge in [-0.2, -0.15) is 13.2 Å². The van der Waals surface area contributed by atoms with Gasteiger partial charge in [-0.25, -0.2) is 4.79 Å². The molecule has 40 heavy (non-hydrogen) atoms. The van der Waals surface area contributed by atoms with Gasteiger partial charge in [0.2, 0.25) is 17.6 Å². The quantitative estimate of drug-likeness (QED) is 0.313. The van der Waals surface area contributed by atoms with Crippen LogP contribution in [0.1, 0.15) is 79.6 Å². The Bertz CT molecular complexity index is 1020. The summed E-state index contributed by atoms with van der Waals surface area (Å²) in [5.74, 6) is -4.51. The molecule has 3 rings (SSSR count). The van der Waals surface area contributed by atoms with Crippen molar-refractivity contribution in [1.82, 2.24) is 20.9 Å². The number of fused-ring (bicyclic) bond motifs is 1. The predicted molar refractivity (Wildman–Crippen MR) is 139 cm³/mol. The maximum atomic E-state index is 14.0. The van der Waals surface area contributed by atoms with Crippen LogP contribution in [0.5, 0.6) is 0 Å². The average molecular weight is 574 g/mol. The highest BCUT2D eigenvalue weighted by Crippen LogP contribution is 2.65. The molecule has 1 heterocycles. The fourth-order valence-corrected chi connectivity index (χ4v) is 6.36. The molecule has 3 aliphatic rings. The van der Waals surface area contributed by atoms with Crippen LogP contribution in [0.25, 0.3) is 0 Å². The van der Waals surface area contributed by atoms with E-state index in [-0.39, 0.29) is 29.7 Å². The van der Waals surface area contributed by atoms with E-state index in [0.717, 1.165) is 32.1 Å². The zero-order chi connectivity index (χ0) is 30.2. The number of nitrogens with zero attached hydrogens (tertiary/aromatic N) is 1. The number of hydrogen-bond acceptors (Lipinski definition) is 5. The lowest BCUT2D eigenvalue weighted by molar-refractivity contribution is -0.147. The molecule has 13 heteroatoms. The van der Waals surface area contributed by atoms with Gasteiger partial charge in [-0.1, -0.05) is 33.1 Å². The Morgan fingerprint density at radius 2 is 1.60 bits per heavy atom. The van der Waals surface area contributed by atoms with E-state index in [4.69, 9.17) is 5.73 Å². The van der Waals surface area contributed by atoms with Crippen LogP contribution in [0.4, 0.5) is 18.0 Å². The third-order valence-electron chi connectivity index (χ3n) is 8.51. The Morgan fingerprint density at radius 3 is 2.12 bits per heavy atom. The molecule has 5 amide bonds. The van der Waals surface area contributed by atoms with E-state index in [1.807, 2.05) is 34.6 Å². The number of alkyl halides is 3. The van der Waals surface area contributed by atoms with Crippen molar-refractivity contribution in [2.24, 2.45) is 28.9 Å². The van der Waals surface area contributed by atoms with E-state index in [2.05, 4.69) is 16.0 Å². The summed E-state index contributed by atoms with van der Waals surface area (Å²) in [6.07, 6.45) is -2.61. The van der Waals surface area contributed by atoms with Crippen molar-refractivity contribution >= 4 is 29.5 Å². The Balaban J connectivity index is 1.86. The fourth-order valence-electron chi connectivity index (χ4n) is 6.36. The topological polar surface area (TPSA) is 151 Å². The number of ketones is 1. The monoisotopic (exact) mass is 573 g/mol. The lowest BCUT2D eigenvalue weighted by atomic mass is 9.83. The molecular weight excluding hydrogens is 531 g/mol. The molecule has 1 aliphatic heterocycles. The zero-order valence-corrected chi connectivity index (χ0v) is 23.8. The number of primary amides is 1. The van der Waals surface area contributed by atoms with Crippen molar-refractivity contribution < 1.29 is 37.1 Å². The molecule has 3 fully saturated rings. The van der Waals surface area contributed by atoms with Gasteiger partial charge in [0.15, 0.2) is 0 Å². The number of piperidine rings is 1. The average Bonchev–Trinajstić information content (AvgIpc) is 3.15. The maximum absolute atomic E-state index is 14.0. The molecule has 1 unspecified atom stereocenters. The number of carbonyl (C=O) groups is 5. The summed E-state index contributed by atoms with van der Waals surface area (Å²) in [6, 6.07) is -4.25. The van der Waals surface area contributed by atoms with Gasteiger partial charge in [0.25, 0.3) is 5.91 Å². The molecule has 2 aliphatic carbocycles. The molecule has 0 spiro atoms. The first-order valence-electron chi connectivity index (χ1n) is 13.9. The number of carbonyl (C=O) groups excluding carboxylic acids is 5. The second kappa shape index (κ2) is 11.6. The summed E-state index contributed by atoms with van der Waals surface area (Å²) in [6.45, 7) is 9.54. The predicted octanol–water partition coefficient (Wildman–Crippen LogP) is 2.40. The van der Waals surface area contributed by atoms with Crippen LogP contribution in [-0.4, -0.2) is 70.8 Å². The van der Waals surface area contributed by atoms with Gasteiger partial charge in [-0.15, -0.1) is 0 Å². The standard InChI is InChI=1S/C27H42F3N5O5/c1-25(2,3)34-24(40)33-18(14-9-7-6-8-10-14)23(39)35-13-15-17(26(15,4)5)19(35)22(38)32-16(20(36)21(31)37)11-12-27(28,29)30/h14-19H,6-13H2,1-5H3,(H2,31,37)(H,32,38)(H2,33,34,40)/t15-,16?,17-,18-,19-/m0/s1. The first kappa shape index (κ1) is 31.7. The second-order valence-corrected chi connectivity index (χ2v) is 13.1. The Kier molecular flexibility index (Phi) is 9.15. The second-order valence-electron chi connectivity index (χ2n) is 13.1. The highest BCUT2D eigenvalue weighted by molar-refractivity contribution is 6.37. The smallest absolute Gasteiger partial charge is 0.363 e. The van der Waals surface area contributed by atoms with Gasteiger partial charge >= 0.3 is 12.2 Å². The summed E-state index contributed by atoms with van der Waals surface area (Å²) in [7, 11) is 0. The molecule has 0 aromatic heterocycles. The summed E-state index contributed by atoms with van der Waals surface area (Å²) in [5, 5.41) is 7.93. The summed E-state index contributed by atoms with van der Waals surface area (Å²) in [4.78, 5) is 65.6. The molecule has 1 saturated heterocycles. The summed E-state index contributed by atoms with van der Waals surface area (Å²) >= 11 is 0.